The minimum atomic E-state index is -1.11. The molecule has 0 unspecified atom stereocenters. The van der Waals surface area contributed by atoms with Crippen molar-refractivity contribution in [2.24, 2.45) is 5.41 Å². The third kappa shape index (κ3) is 3.05. The second-order valence-electron chi connectivity index (χ2n) is 3.74. The lowest BCUT2D eigenvalue weighted by molar-refractivity contribution is -0.156. The summed E-state index contributed by atoms with van der Waals surface area (Å²) in [4.78, 5) is 22.6. The van der Waals surface area contributed by atoms with Crippen molar-refractivity contribution in [2.75, 3.05) is 7.11 Å². The Labute approximate surface area is 78.6 Å². The minimum Gasteiger partial charge on any atom is -0.468 e. The Morgan fingerprint density at radius 1 is 1.31 bits per heavy atom. The van der Waals surface area contributed by atoms with Crippen molar-refractivity contribution < 1.29 is 14.3 Å². The first-order chi connectivity index (χ1) is 5.82. The van der Waals surface area contributed by atoms with Gasteiger partial charge >= 0.3 is 5.97 Å². The van der Waals surface area contributed by atoms with Gasteiger partial charge in [0.15, 0.2) is 0 Å². The molecule has 1 amide bonds. The molecule has 0 aliphatic heterocycles. The second kappa shape index (κ2) is 4.25. The molecule has 0 saturated carbocycles. The molecule has 0 spiro atoms. The fourth-order valence-corrected chi connectivity index (χ4v) is 0.790. The van der Waals surface area contributed by atoms with Gasteiger partial charge in [-0.25, -0.2) is 0 Å². The second-order valence-corrected chi connectivity index (χ2v) is 3.74. The Bertz CT molecular complexity index is 209. The van der Waals surface area contributed by atoms with Crippen LogP contribution < -0.4 is 5.32 Å². The lowest BCUT2D eigenvalue weighted by Crippen LogP contribution is -2.45. The van der Waals surface area contributed by atoms with E-state index in [0.717, 1.165) is 0 Å². The summed E-state index contributed by atoms with van der Waals surface area (Å²) in [6.45, 7) is 6.75. The van der Waals surface area contributed by atoms with Crippen molar-refractivity contribution in [3.05, 3.63) is 0 Å². The standard InChI is InChI=1S/C9H17NO3/c1-6(2)10-7(11)9(3,4)8(12)13-5/h6H,1-5H3,(H,10,11). The van der Waals surface area contributed by atoms with Crippen LogP contribution in [0.15, 0.2) is 0 Å². The van der Waals surface area contributed by atoms with Gasteiger partial charge in [0.05, 0.1) is 7.11 Å². The van der Waals surface area contributed by atoms with Crippen LogP contribution in [0.3, 0.4) is 0 Å². The average Bonchev–Trinajstić information content (AvgIpc) is 2.01. The molecule has 76 valence electrons. The topological polar surface area (TPSA) is 55.4 Å². The van der Waals surface area contributed by atoms with Crippen molar-refractivity contribution in [2.45, 2.75) is 33.7 Å². The molecular weight excluding hydrogens is 170 g/mol. The number of carbonyl (C=O) groups is 2. The zero-order chi connectivity index (χ0) is 10.6. The molecule has 4 heteroatoms. The highest BCUT2D eigenvalue weighted by Crippen LogP contribution is 2.17. The fourth-order valence-electron chi connectivity index (χ4n) is 0.790. The van der Waals surface area contributed by atoms with E-state index in [2.05, 4.69) is 10.1 Å². The third-order valence-corrected chi connectivity index (χ3v) is 1.68. The molecule has 0 rings (SSSR count). The van der Waals surface area contributed by atoms with Gasteiger partial charge in [-0.15, -0.1) is 0 Å². The molecule has 0 aromatic rings. The summed E-state index contributed by atoms with van der Waals surface area (Å²) in [5.41, 5.74) is -1.11. The van der Waals surface area contributed by atoms with Gasteiger partial charge in [0.1, 0.15) is 5.41 Å². The van der Waals surface area contributed by atoms with Crippen molar-refractivity contribution in [1.82, 2.24) is 5.32 Å². The Hall–Kier alpha value is -1.06. The smallest absolute Gasteiger partial charge is 0.320 e. The minimum absolute atomic E-state index is 0.0245. The Kier molecular flexibility index (Phi) is 3.91. The molecule has 0 aliphatic carbocycles. The van der Waals surface area contributed by atoms with E-state index in [1.165, 1.54) is 21.0 Å². The molecular formula is C9H17NO3. The van der Waals surface area contributed by atoms with Crippen LogP contribution in [0.1, 0.15) is 27.7 Å². The largest absolute Gasteiger partial charge is 0.468 e. The Morgan fingerprint density at radius 2 is 1.77 bits per heavy atom. The maximum atomic E-state index is 11.5. The van der Waals surface area contributed by atoms with Crippen LogP contribution in [0.4, 0.5) is 0 Å². The summed E-state index contributed by atoms with van der Waals surface area (Å²) in [7, 11) is 1.27. The highest BCUT2D eigenvalue weighted by atomic mass is 16.5. The zero-order valence-electron chi connectivity index (χ0n) is 8.80. The molecule has 0 heterocycles. The molecule has 0 aromatic heterocycles. The van der Waals surface area contributed by atoms with E-state index < -0.39 is 11.4 Å². The first-order valence-corrected chi connectivity index (χ1v) is 4.21. The number of hydrogen-bond acceptors (Lipinski definition) is 3. The van der Waals surface area contributed by atoms with Gasteiger partial charge in [0, 0.05) is 6.04 Å². The van der Waals surface area contributed by atoms with Gasteiger partial charge < -0.3 is 10.1 Å². The molecule has 0 aromatic carbocycles. The van der Waals surface area contributed by atoms with Crippen LogP contribution in [0, 0.1) is 5.41 Å². The van der Waals surface area contributed by atoms with Crippen LogP contribution in [0.5, 0.6) is 0 Å². The molecule has 1 N–H and O–H groups in total. The van der Waals surface area contributed by atoms with E-state index in [0.29, 0.717) is 0 Å². The van der Waals surface area contributed by atoms with Gasteiger partial charge in [-0.2, -0.15) is 0 Å². The monoisotopic (exact) mass is 187 g/mol. The highest BCUT2D eigenvalue weighted by molar-refractivity contribution is 6.01. The van der Waals surface area contributed by atoms with E-state index >= 15 is 0 Å². The summed E-state index contributed by atoms with van der Waals surface area (Å²) < 4.78 is 4.52. The number of esters is 1. The van der Waals surface area contributed by atoms with E-state index in [1.807, 2.05) is 13.8 Å². The number of carbonyl (C=O) groups excluding carboxylic acids is 2. The van der Waals surface area contributed by atoms with Crippen molar-refractivity contribution in [1.29, 1.82) is 0 Å². The van der Waals surface area contributed by atoms with Crippen molar-refractivity contribution >= 4 is 11.9 Å². The number of nitrogens with one attached hydrogen (secondary N) is 1. The van der Waals surface area contributed by atoms with Crippen LogP contribution in [-0.2, 0) is 14.3 Å². The molecule has 0 bridgehead atoms. The number of amides is 1. The normalized spacial score (nSPS) is 11.2. The lowest BCUT2D eigenvalue weighted by atomic mass is 9.92. The summed E-state index contributed by atoms with van der Waals surface area (Å²) in [6, 6.07) is 0.0245. The van der Waals surface area contributed by atoms with Gasteiger partial charge in [0.25, 0.3) is 0 Å². The van der Waals surface area contributed by atoms with E-state index in [1.54, 1.807) is 0 Å². The zero-order valence-corrected chi connectivity index (χ0v) is 8.80. The average molecular weight is 187 g/mol. The van der Waals surface area contributed by atoms with Crippen LogP contribution in [-0.4, -0.2) is 25.0 Å². The van der Waals surface area contributed by atoms with Crippen LogP contribution in [0.2, 0.25) is 0 Å². The summed E-state index contributed by atoms with van der Waals surface area (Å²) >= 11 is 0. The van der Waals surface area contributed by atoms with Gasteiger partial charge in [-0.3, -0.25) is 9.59 Å². The lowest BCUT2D eigenvalue weighted by Gasteiger charge is -2.21. The van der Waals surface area contributed by atoms with Crippen LogP contribution >= 0.6 is 0 Å². The Morgan fingerprint density at radius 3 is 2.08 bits per heavy atom. The first kappa shape index (κ1) is 11.9. The molecule has 4 nitrogen and oxygen atoms in total. The fraction of sp³-hybridized carbons (Fsp3) is 0.778. The number of rotatable bonds is 3. The molecule has 0 fully saturated rings. The van der Waals surface area contributed by atoms with E-state index in [-0.39, 0.29) is 11.9 Å². The van der Waals surface area contributed by atoms with Crippen LogP contribution in [0.25, 0.3) is 0 Å². The first-order valence-electron chi connectivity index (χ1n) is 4.21. The maximum absolute atomic E-state index is 11.5. The molecule has 0 radical (unpaired) electrons. The highest BCUT2D eigenvalue weighted by Gasteiger charge is 2.37. The number of ether oxygens (including phenoxy) is 1. The summed E-state index contributed by atoms with van der Waals surface area (Å²) in [6.07, 6.45) is 0. The van der Waals surface area contributed by atoms with Gasteiger partial charge in [-0.05, 0) is 27.7 Å². The maximum Gasteiger partial charge on any atom is 0.320 e. The number of methoxy groups -OCH3 is 1. The van der Waals surface area contributed by atoms with Crippen molar-refractivity contribution in [3.63, 3.8) is 0 Å². The number of hydrogen-bond donors (Lipinski definition) is 1. The third-order valence-electron chi connectivity index (χ3n) is 1.68. The van der Waals surface area contributed by atoms with Gasteiger partial charge in [-0.1, -0.05) is 0 Å². The predicted octanol–water partition coefficient (Wildman–Crippen LogP) is 0.710. The van der Waals surface area contributed by atoms with Crippen molar-refractivity contribution in [3.8, 4) is 0 Å². The molecule has 0 aliphatic rings. The molecule has 13 heavy (non-hydrogen) atoms. The summed E-state index contributed by atoms with van der Waals surface area (Å²) in [5.74, 6) is -0.833. The Balaban J connectivity index is 4.45. The molecule has 0 saturated heterocycles. The van der Waals surface area contributed by atoms with E-state index in [9.17, 15) is 9.59 Å². The molecule has 0 atom stereocenters. The SMILES string of the molecule is COC(=O)C(C)(C)C(=O)NC(C)C. The van der Waals surface area contributed by atoms with Gasteiger partial charge in [0.2, 0.25) is 5.91 Å². The summed E-state index contributed by atoms with van der Waals surface area (Å²) in [5, 5.41) is 2.66. The predicted molar refractivity (Wildman–Crippen MR) is 49.1 cm³/mol. The quantitative estimate of drug-likeness (QED) is 0.523. The van der Waals surface area contributed by atoms with E-state index in [4.69, 9.17) is 0 Å².